The zero-order valence-corrected chi connectivity index (χ0v) is 9.09. The van der Waals surface area contributed by atoms with Gasteiger partial charge in [-0.2, -0.15) is 13.2 Å². The van der Waals surface area contributed by atoms with Crippen LogP contribution < -0.4 is 5.32 Å². The summed E-state index contributed by atoms with van der Waals surface area (Å²) in [5.41, 5.74) is -1.97. The van der Waals surface area contributed by atoms with E-state index in [1.54, 1.807) is 0 Å². The molecule has 17 heavy (non-hydrogen) atoms. The van der Waals surface area contributed by atoms with Gasteiger partial charge in [0.05, 0.1) is 16.9 Å². The highest BCUT2D eigenvalue weighted by Crippen LogP contribution is 2.33. The van der Waals surface area contributed by atoms with Crippen molar-refractivity contribution >= 4 is 0 Å². The van der Waals surface area contributed by atoms with Gasteiger partial charge in [0.2, 0.25) is 0 Å². The monoisotopic (exact) mass is 246 g/mol. The molecule has 2 N–H and O–H groups in total. The molecule has 1 aromatic heterocycles. The van der Waals surface area contributed by atoms with Gasteiger partial charge >= 0.3 is 6.18 Å². The van der Waals surface area contributed by atoms with Crippen LogP contribution in [0.25, 0.3) is 0 Å². The maximum absolute atomic E-state index is 12.7. The van der Waals surface area contributed by atoms with Gasteiger partial charge in [0, 0.05) is 19.2 Å². The second kappa shape index (κ2) is 4.27. The van der Waals surface area contributed by atoms with Gasteiger partial charge in [-0.15, -0.1) is 0 Å². The van der Waals surface area contributed by atoms with E-state index in [0.717, 1.165) is 6.07 Å². The maximum Gasteiger partial charge on any atom is 0.418 e. The van der Waals surface area contributed by atoms with Crippen LogP contribution in [0.2, 0.25) is 0 Å². The number of hydrogen-bond donors (Lipinski definition) is 2. The lowest BCUT2D eigenvalue weighted by Crippen LogP contribution is -2.35. The standard InChI is InChI=1S/C11H13F3N2O/c12-11(13,14)8-2-1-4-16-9(8)6-10(17)3-5-15-7-10/h1-2,4,15,17H,3,5-7H2. The Morgan fingerprint density at radius 2 is 2.24 bits per heavy atom. The molecule has 1 saturated heterocycles. The van der Waals surface area contributed by atoms with E-state index in [2.05, 4.69) is 10.3 Å². The SMILES string of the molecule is OC1(Cc2ncccc2C(F)(F)F)CCNC1. The molecule has 2 heterocycles. The Bertz CT molecular complexity index is 400. The van der Waals surface area contributed by atoms with Gasteiger partial charge in [-0.3, -0.25) is 4.98 Å². The van der Waals surface area contributed by atoms with Gasteiger partial charge < -0.3 is 10.4 Å². The van der Waals surface area contributed by atoms with Crippen molar-refractivity contribution in [2.24, 2.45) is 0 Å². The van der Waals surface area contributed by atoms with Gasteiger partial charge in [0.25, 0.3) is 0 Å². The summed E-state index contributed by atoms with van der Waals surface area (Å²) in [6, 6.07) is 2.25. The highest BCUT2D eigenvalue weighted by atomic mass is 19.4. The highest BCUT2D eigenvalue weighted by Gasteiger charge is 2.38. The number of pyridine rings is 1. The Hall–Kier alpha value is -1.14. The van der Waals surface area contributed by atoms with E-state index in [4.69, 9.17) is 0 Å². The van der Waals surface area contributed by atoms with E-state index in [9.17, 15) is 18.3 Å². The predicted octanol–water partition coefficient (Wildman–Crippen LogP) is 1.37. The minimum Gasteiger partial charge on any atom is -0.388 e. The average molecular weight is 246 g/mol. The van der Waals surface area contributed by atoms with Gasteiger partial charge in [0.15, 0.2) is 0 Å². The summed E-state index contributed by atoms with van der Waals surface area (Å²) in [7, 11) is 0. The van der Waals surface area contributed by atoms with Crippen LogP contribution in [-0.2, 0) is 12.6 Å². The van der Waals surface area contributed by atoms with E-state index < -0.39 is 17.3 Å². The molecule has 1 aromatic rings. The molecule has 1 unspecified atom stereocenters. The van der Waals surface area contributed by atoms with E-state index >= 15 is 0 Å². The molecule has 3 nitrogen and oxygen atoms in total. The molecule has 2 rings (SSSR count). The number of nitrogens with zero attached hydrogens (tertiary/aromatic N) is 1. The van der Waals surface area contributed by atoms with Crippen molar-refractivity contribution < 1.29 is 18.3 Å². The average Bonchev–Trinajstić information content (AvgIpc) is 2.64. The number of β-amino-alcohol motifs (C(OH)–C–C–N with tert-alkyl or cyclic N) is 1. The molecule has 1 aliphatic rings. The lowest BCUT2D eigenvalue weighted by Gasteiger charge is -2.22. The molecule has 1 atom stereocenters. The molecular weight excluding hydrogens is 233 g/mol. The third-order valence-corrected chi connectivity index (χ3v) is 2.91. The summed E-state index contributed by atoms with van der Waals surface area (Å²) in [5.74, 6) is 0. The van der Waals surface area contributed by atoms with E-state index in [0.29, 0.717) is 19.5 Å². The number of halogens is 3. The predicted molar refractivity (Wildman–Crippen MR) is 55.4 cm³/mol. The first kappa shape index (κ1) is 12.3. The summed E-state index contributed by atoms with van der Waals surface area (Å²) in [6.07, 6.45) is -2.74. The highest BCUT2D eigenvalue weighted by molar-refractivity contribution is 5.24. The van der Waals surface area contributed by atoms with Crippen molar-refractivity contribution in [2.45, 2.75) is 24.6 Å². The lowest BCUT2D eigenvalue weighted by molar-refractivity contribution is -0.138. The molecule has 0 aliphatic carbocycles. The van der Waals surface area contributed by atoms with Crippen molar-refractivity contribution in [1.29, 1.82) is 0 Å². The van der Waals surface area contributed by atoms with E-state index in [1.807, 2.05) is 0 Å². The Labute approximate surface area is 96.7 Å². The topological polar surface area (TPSA) is 45.2 Å². The molecule has 0 bridgehead atoms. The molecule has 0 amide bonds. The number of hydrogen-bond acceptors (Lipinski definition) is 3. The molecule has 0 radical (unpaired) electrons. The minimum absolute atomic E-state index is 0.0737. The largest absolute Gasteiger partial charge is 0.418 e. The lowest BCUT2D eigenvalue weighted by atomic mass is 9.94. The van der Waals surface area contributed by atoms with Crippen LogP contribution in [0.1, 0.15) is 17.7 Å². The third-order valence-electron chi connectivity index (χ3n) is 2.91. The van der Waals surface area contributed by atoms with Gasteiger partial charge in [0.1, 0.15) is 0 Å². The fourth-order valence-electron chi connectivity index (χ4n) is 2.03. The number of aromatic nitrogens is 1. The number of aliphatic hydroxyl groups is 1. The van der Waals surface area contributed by atoms with Crippen LogP contribution in [-0.4, -0.2) is 28.8 Å². The van der Waals surface area contributed by atoms with E-state index in [-0.39, 0.29) is 12.1 Å². The maximum atomic E-state index is 12.7. The van der Waals surface area contributed by atoms with Crippen LogP contribution in [0, 0.1) is 0 Å². The second-order valence-electron chi connectivity index (χ2n) is 4.32. The fraction of sp³-hybridized carbons (Fsp3) is 0.545. The molecule has 1 aliphatic heterocycles. The van der Waals surface area contributed by atoms with Crippen molar-refractivity contribution in [2.75, 3.05) is 13.1 Å². The summed E-state index contributed by atoms with van der Waals surface area (Å²) >= 11 is 0. The number of alkyl halides is 3. The Balaban J connectivity index is 2.26. The van der Waals surface area contributed by atoms with Gasteiger partial charge in [-0.05, 0) is 25.1 Å². The first-order valence-electron chi connectivity index (χ1n) is 5.35. The van der Waals surface area contributed by atoms with Crippen molar-refractivity contribution in [3.63, 3.8) is 0 Å². The summed E-state index contributed by atoms with van der Waals surface area (Å²) in [5, 5.41) is 13.0. The van der Waals surface area contributed by atoms with Crippen LogP contribution in [0.4, 0.5) is 13.2 Å². The minimum atomic E-state index is -4.42. The third kappa shape index (κ3) is 2.76. The first-order valence-corrected chi connectivity index (χ1v) is 5.35. The zero-order chi connectivity index (χ0) is 12.5. The molecular formula is C11H13F3N2O. The first-order chi connectivity index (χ1) is 7.91. The number of rotatable bonds is 2. The molecule has 0 saturated carbocycles. The Kier molecular flexibility index (Phi) is 3.09. The molecule has 0 spiro atoms. The van der Waals surface area contributed by atoms with Crippen molar-refractivity contribution in [1.82, 2.24) is 10.3 Å². The van der Waals surface area contributed by atoms with Gasteiger partial charge in [-0.1, -0.05) is 0 Å². The van der Waals surface area contributed by atoms with E-state index in [1.165, 1.54) is 12.3 Å². The summed E-state index contributed by atoms with van der Waals surface area (Å²) in [6.45, 7) is 0.922. The second-order valence-corrected chi connectivity index (χ2v) is 4.32. The molecule has 1 fully saturated rings. The summed E-state index contributed by atoms with van der Waals surface area (Å²) in [4.78, 5) is 3.75. The zero-order valence-electron chi connectivity index (χ0n) is 9.09. The number of nitrogens with one attached hydrogen (secondary N) is 1. The molecule has 6 heteroatoms. The molecule has 0 aromatic carbocycles. The quantitative estimate of drug-likeness (QED) is 0.828. The van der Waals surface area contributed by atoms with Crippen LogP contribution in [0.15, 0.2) is 18.3 Å². The Morgan fingerprint density at radius 1 is 1.47 bits per heavy atom. The summed E-state index contributed by atoms with van der Waals surface area (Å²) < 4.78 is 38.1. The van der Waals surface area contributed by atoms with Crippen LogP contribution in [0.3, 0.4) is 0 Å². The molecule has 94 valence electrons. The Morgan fingerprint density at radius 3 is 2.82 bits per heavy atom. The van der Waals surface area contributed by atoms with Crippen LogP contribution in [0.5, 0.6) is 0 Å². The normalized spacial score (nSPS) is 25.2. The van der Waals surface area contributed by atoms with Crippen LogP contribution >= 0.6 is 0 Å². The van der Waals surface area contributed by atoms with Crippen molar-refractivity contribution in [3.8, 4) is 0 Å². The van der Waals surface area contributed by atoms with Gasteiger partial charge in [-0.25, -0.2) is 0 Å². The van der Waals surface area contributed by atoms with Crippen molar-refractivity contribution in [3.05, 3.63) is 29.6 Å². The fourth-order valence-corrected chi connectivity index (χ4v) is 2.03. The smallest absolute Gasteiger partial charge is 0.388 e.